The van der Waals surface area contributed by atoms with Gasteiger partial charge >= 0.3 is 0 Å². The fraction of sp³-hybridized carbons (Fsp3) is 0.250. The molecule has 6 heteroatoms. The number of rotatable bonds is 2. The van der Waals surface area contributed by atoms with Crippen LogP contribution in [0.25, 0.3) is 0 Å². The highest BCUT2D eigenvalue weighted by molar-refractivity contribution is 6.30. The Morgan fingerprint density at radius 2 is 2.18 bits per heavy atom. The summed E-state index contributed by atoms with van der Waals surface area (Å²) in [4.78, 5) is 26.1. The van der Waals surface area contributed by atoms with E-state index in [4.69, 9.17) is 16.3 Å². The summed E-state index contributed by atoms with van der Waals surface area (Å²) >= 11 is 5.99. The van der Waals surface area contributed by atoms with E-state index in [1.807, 2.05) is 6.07 Å². The van der Waals surface area contributed by atoms with Gasteiger partial charge in [0.1, 0.15) is 11.4 Å². The number of fused-ring (bicyclic) bond motifs is 1. The van der Waals surface area contributed by atoms with Gasteiger partial charge < -0.3 is 15.0 Å². The second-order valence-electron chi connectivity index (χ2n) is 5.13. The minimum Gasteiger partial charge on any atom is -0.493 e. The van der Waals surface area contributed by atoms with Gasteiger partial charge in [0.05, 0.1) is 12.6 Å². The molecule has 1 aliphatic heterocycles. The molecule has 0 aliphatic carbocycles. The van der Waals surface area contributed by atoms with Gasteiger partial charge in [-0.2, -0.15) is 0 Å². The zero-order valence-electron chi connectivity index (χ0n) is 11.8. The number of benzene rings is 1. The van der Waals surface area contributed by atoms with Crippen molar-refractivity contribution in [3.8, 4) is 5.75 Å². The van der Waals surface area contributed by atoms with Crippen molar-refractivity contribution in [2.24, 2.45) is 0 Å². The van der Waals surface area contributed by atoms with E-state index in [1.165, 1.54) is 6.07 Å². The molecule has 0 saturated heterocycles. The average molecular weight is 319 g/mol. The Kier molecular flexibility index (Phi) is 4.15. The smallest absolute Gasteiger partial charge is 0.268 e. The van der Waals surface area contributed by atoms with E-state index in [2.05, 4.69) is 10.3 Å². The summed E-state index contributed by atoms with van der Waals surface area (Å²) in [5, 5.41) is 3.54. The van der Waals surface area contributed by atoms with E-state index in [0.717, 1.165) is 18.4 Å². The zero-order valence-corrected chi connectivity index (χ0v) is 12.5. The quantitative estimate of drug-likeness (QED) is 0.894. The van der Waals surface area contributed by atoms with Crippen LogP contribution in [0, 0.1) is 0 Å². The Bertz CT molecular complexity index is 757. The zero-order chi connectivity index (χ0) is 15.5. The molecule has 2 heterocycles. The summed E-state index contributed by atoms with van der Waals surface area (Å²) in [6.07, 6.45) is 1.58. The predicted molar refractivity (Wildman–Crippen MR) is 83.5 cm³/mol. The molecule has 2 N–H and O–H groups in total. The summed E-state index contributed by atoms with van der Waals surface area (Å²) in [6, 6.07) is 9.72. The number of hydrogen-bond donors (Lipinski definition) is 2. The molecular formula is C16H15ClN2O3. The van der Waals surface area contributed by atoms with Crippen molar-refractivity contribution in [2.45, 2.75) is 18.9 Å². The number of aromatic amines is 1. The maximum absolute atomic E-state index is 12.3. The molecule has 0 saturated carbocycles. The van der Waals surface area contributed by atoms with E-state index in [9.17, 15) is 9.59 Å². The lowest BCUT2D eigenvalue weighted by Crippen LogP contribution is -2.30. The van der Waals surface area contributed by atoms with Gasteiger partial charge in [-0.1, -0.05) is 23.7 Å². The number of amides is 1. The number of H-pyrrole nitrogens is 1. The van der Waals surface area contributed by atoms with Crippen LogP contribution in [0.3, 0.4) is 0 Å². The number of carbonyl (C=O) groups excluding carboxylic acids is 1. The van der Waals surface area contributed by atoms with Crippen molar-refractivity contribution in [1.82, 2.24) is 10.3 Å². The molecule has 0 fully saturated rings. The van der Waals surface area contributed by atoms with Crippen molar-refractivity contribution in [2.75, 3.05) is 6.61 Å². The lowest BCUT2D eigenvalue weighted by atomic mass is 10.0. The Morgan fingerprint density at radius 1 is 1.32 bits per heavy atom. The molecule has 3 rings (SSSR count). The number of ether oxygens (including phenoxy) is 1. The van der Waals surface area contributed by atoms with Crippen LogP contribution in [0.1, 0.15) is 34.9 Å². The SMILES string of the molecule is O=C(NC1CCCOc2cc(Cl)ccc21)c1cccc(=O)[nH]1. The lowest BCUT2D eigenvalue weighted by molar-refractivity contribution is 0.0929. The third-order valence-electron chi connectivity index (χ3n) is 3.56. The Morgan fingerprint density at radius 3 is 3.00 bits per heavy atom. The van der Waals surface area contributed by atoms with Crippen LogP contribution in [-0.2, 0) is 0 Å². The minimum atomic E-state index is -0.314. The number of nitrogens with one attached hydrogen (secondary N) is 2. The van der Waals surface area contributed by atoms with Crippen molar-refractivity contribution in [3.63, 3.8) is 0 Å². The Balaban J connectivity index is 1.86. The molecular weight excluding hydrogens is 304 g/mol. The van der Waals surface area contributed by atoms with Crippen molar-refractivity contribution in [1.29, 1.82) is 0 Å². The first kappa shape index (κ1) is 14.7. The largest absolute Gasteiger partial charge is 0.493 e. The summed E-state index contributed by atoms with van der Waals surface area (Å²) in [7, 11) is 0. The topological polar surface area (TPSA) is 71.2 Å². The molecule has 5 nitrogen and oxygen atoms in total. The van der Waals surface area contributed by atoms with Crippen LogP contribution < -0.4 is 15.6 Å². The average Bonchev–Trinajstić information content (AvgIpc) is 2.69. The number of hydrogen-bond acceptors (Lipinski definition) is 3. The number of halogens is 1. The normalized spacial score (nSPS) is 17.0. The van der Waals surface area contributed by atoms with Gasteiger partial charge in [0.2, 0.25) is 5.56 Å². The van der Waals surface area contributed by atoms with Gasteiger partial charge in [0, 0.05) is 16.7 Å². The molecule has 0 spiro atoms. The van der Waals surface area contributed by atoms with Gasteiger partial charge in [-0.05, 0) is 31.0 Å². The first-order valence-corrected chi connectivity index (χ1v) is 7.44. The molecule has 1 aromatic carbocycles. The molecule has 22 heavy (non-hydrogen) atoms. The van der Waals surface area contributed by atoms with Crippen molar-refractivity contribution >= 4 is 17.5 Å². The van der Waals surface area contributed by atoms with Crippen LogP contribution in [0.15, 0.2) is 41.2 Å². The molecule has 0 radical (unpaired) electrons. The highest BCUT2D eigenvalue weighted by atomic mass is 35.5. The first-order valence-electron chi connectivity index (χ1n) is 7.06. The molecule has 2 aromatic rings. The molecule has 1 atom stereocenters. The fourth-order valence-corrected chi connectivity index (χ4v) is 2.67. The first-order chi connectivity index (χ1) is 10.6. The minimum absolute atomic E-state index is 0.175. The third kappa shape index (κ3) is 3.14. The molecule has 1 unspecified atom stereocenters. The molecule has 1 aromatic heterocycles. The number of aromatic nitrogens is 1. The van der Waals surface area contributed by atoms with Crippen LogP contribution in [0.5, 0.6) is 5.75 Å². The predicted octanol–water partition coefficient (Wildman–Crippen LogP) is 2.67. The number of pyridine rings is 1. The summed E-state index contributed by atoms with van der Waals surface area (Å²) < 4.78 is 5.67. The van der Waals surface area contributed by atoms with Gasteiger partial charge in [-0.3, -0.25) is 9.59 Å². The third-order valence-corrected chi connectivity index (χ3v) is 3.80. The Labute approximate surface area is 132 Å². The van der Waals surface area contributed by atoms with Crippen LogP contribution in [0.2, 0.25) is 5.02 Å². The van der Waals surface area contributed by atoms with Crippen molar-refractivity contribution in [3.05, 3.63) is 63.0 Å². The van der Waals surface area contributed by atoms with Crippen LogP contribution in [0.4, 0.5) is 0 Å². The second-order valence-corrected chi connectivity index (χ2v) is 5.56. The van der Waals surface area contributed by atoms with Gasteiger partial charge in [-0.25, -0.2) is 0 Å². The monoisotopic (exact) mass is 318 g/mol. The standard InChI is InChI=1S/C16H15ClN2O3/c17-10-6-7-11-12(4-2-8-22-14(11)9-10)19-16(21)13-3-1-5-15(20)18-13/h1,3,5-7,9,12H,2,4,8H2,(H,18,20)(H,19,21). The van der Waals surface area contributed by atoms with Crippen LogP contribution in [-0.4, -0.2) is 17.5 Å². The fourth-order valence-electron chi connectivity index (χ4n) is 2.51. The van der Waals surface area contributed by atoms with Crippen LogP contribution >= 0.6 is 11.6 Å². The highest BCUT2D eigenvalue weighted by Crippen LogP contribution is 2.33. The maximum atomic E-state index is 12.3. The Hall–Kier alpha value is -2.27. The summed E-state index contributed by atoms with van der Waals surface area (Å²) in [6.45, 7) is 0.585. The second kappa shape index (κ2) is 6.23. The summed E-state index contributed by atoms with van der Waals surface area (Å²) in [5.74, 6) is 0.377. The maximum Gasteiger partial charge on any atom is 0.268 e. The summed E-state index contributed by atoms with van der Waals surface area (Å²) in [5.41, 5.74) is 0.839. The molecule has 0 bridgehead atoms. The van der Waals surface area contributed by atoms with E-state index in [0.29, 0.717) is 17.4 Å². The van der Waals surface area contributed by atoms with E-state index >= 15 is 0 Å². The molecule has 1 aliphatic rings. The van der Waals surface area contributed by atoms with E-state index in [-0.39, 0.29) is 23.2 Å². The van der Waals surface area contributed by atoms with Gasteiger partial charge in [-0.15, -0.1) is 0 Å². The van der Waals surface area contributed by atoms with Crippen molar-refractivity contribution < 1.29 is 9.53 Å². The molecule has 114 valence electrons. The molecule has 1 amide bonds. The van der Waals surface area contributed by atoms with E-state index < -0.39 is 0 Å². The highest BCUT2D eigenvalue weighted by Gasteiger charge is 2.22. The van der Waals surface area contributed by atoms with E-state index in [1.54, 1.807) is 24.3 Å². The lowest BCUT2D eigenvalue weighted by Gasteiger charge is -2.18. The number of carbonyl (C=O) groups is 1. The van der Waals surface area contributed by atoms with Gasteiger partial charge in [0.25, 0.3) is 5.91 Å². The van der Waals surface area contributed by atoms with Gasteiger partial charge in [0.15, 0.2) is 0 Å².